The number of rotatable bonds is 5. The average molecular weight is 313 g/mol. The molecular formula is C13H17BrN2O2. The zero-order valence-electron chi connectivity index (χ0n) is 10.5. The SMILES string of the molecule is CC(C)CNC(=O)c1ccccc1NC(=O)CBr. The van der Waals surface area contributed by atoms with Crippen LogP contribution in [0.2, 0.25) is 0 Å². The summed E-state index contributed by atoms with van der Waals surface area (Å²) in [4.78, 5) is 23.3. The summed E-state index contributed by atoms with van der Waals surface area (Å²) in [7, 11) is 0. The Labute approximate surface area is 115 Å². The van der Waals surface area contributed by atoms with Gasteiger partial charge in [0.15, 0.2) is 0 Å². The maximum absolute atomic E-state index is 12.0. The van der Waals surface area contributed by atoms with Crippen LogP contribution in [0.5, 0.6) is 0 Å². The Morgan fingerprint density at radius 2 is 1.94 bits per heavy atom. The van der Waals surface area contributed by atoms with Crippen molar-refractivity contribution in [3.05, 3.63) is 29.8 Å². The third-order valence-corrected chi connectivity index (χ3v) is 2.75. The lowest BCUT2D eigenvalue weighted by atomic mass is 10.1. The van der Waals surface area contributed by atoms with Gasteiger partial charge in [-0.25, -0.2) is 0 Å². The fourth-order valence-corrected chi connectivity index (χ4v) is 1.51. The van der Waals surface area contributed by atoms with Crippen molar-refractivity contribution in [2.75, 3.05) is 17.2 Å². The van der Waals surface area contributed by atoms with Gasteiger partial charge in [-0.3, -0.25) is 9.59 Å². The minimum atomic E-state index is -0.181. The highest BCUT2D eigenvalue weighted by Gasteiger charge is 2.12. The van der Waals surface area contributed by atoms with Gasteiger partial charge in [-0.15, -0.1) is 0 Å². The van der Waals surface area contributed by atoms with Crippen LogP contribution >= 0.6 is 15.9 Å². The summed E-state index contributed by atoms with van der Waals surface area (Å²) in [5.41, 5.74) is 1.01. The second-order valence-electron chi connectivity index (χ2n) is 4.33. The van der Waals surface area contributed by atoms with Gasteiger partial charge >= 0.3 is 0 Å². The Bertz CT molecular complexity index is 433. The molecule has 1 aromatic rings. The van der Waals surface area contributed by atoms with Crippen LogP contribution in [0.3, 0.4) is 0 Å². The van der Waals surface area contributed by atoms with Crippen molar-refractivity contribution in [2.24, 2.45) is 5.92 Å². The fraction of sp³-hybridized carbons (Fsp3) is 0.385. The number of carbonyl (C=O) groups is 2. The maximum atomic E-state index is 12.0. The van der Waals surface area contributed by atoms with Crippen LogP contribution in [-0.4, -0.2) is 23.7 Å². The normalized spacial score (nSPS) is 10.2. The quantitative estimate of drug-likeness (QED) is 0.820. The molecule has 4 nitrogen and oxygen atoms in total. The number of anilines is 1. The van der Waals surface area contributed by atoms with Gasteiger partial charge in [-0.05, 0) is 18.1 Å². The van der Waals surface area contributed by atoms with E-state index < -0.39 is 0 Å². The zero-order valence-corrected chi connectivity index (χ0v) is 12.1. The Morgan fingerprint density at radius 1 is 1.28 bits per heavy atom. The molecule has 0 atom stereocenters. The summed E-state index contributed by atoms with van der Waals surface area (Å²) in [5.74, 6) is 0.0338. The number of halogens is 1. The number of nitrogens with one attached hydrogen (secondary N) is 2. The lowest BCUT2D eigenvalue weighted by Gasteiger charge is -2.11. The molecule has 0 heterocycles. The third-order valence-electron chi connectivity index (χ3n) is 2.24. The van der Waals surface area contributed by atoms with Gasteiger partial charge in [-0.1, -0.05) is 41.9 Å². The molecule has 0 aliphatic heterocycles. The third kappa shape index (κ3) is 4.49. The molecule has 0 spiro atoms. The van der Waals surface area contributed by atoms with Crippen LogP contribution in [0, 0.1) is 5.92 Å². The van der Waals surface area contributed by atoms with Crippen LogP contribution in [0.15, 0.2) is 24.3 Å². The van der Waals surface area contributed by atoms with Crippen molar-refractivity contribution in [1.82, 2.24) is 5.32 Å². The number of hydrogen-bond acceptors (Lipinski definition) is 2. The standard InChI is InChI=1S/C13H17BrN2O2/c1-9(2)8-15-13(18)10-5-3-4-6-11(10)16-12(17)7-14/h3-6,9H,7-8H2,1-2H3,(H,15,18)(H,16,17). The number of para-hydroxylation sites is 1. The number of alkyl halides is 1. The molecule has 0 radical (unpaired) electrons. The van der Waals surface area contributed by atoms with E-state index in [1.807, 2.05) is 13.8 Å². The Balaban J connectivity index is 2.81. The minimum Gasteiger partial charge on any atom is -0.352 e. The Morgan fingerprint density at radius 3 is 2.56 bits per heavy atom. The first-order valence-electron chi connectivity index (χ1n) is 5.77. The van der Waals surface area contributed by atoms with E-state index in [4.69, 9.17) is 0 Å². The van der Waals surface area contributed by atoms with Gasteiger partial charge in [0.1, 0.15) is 0 Å². The van der Waals surface area contributed by atoms with Crippen LogP contribution in [0.4, 0.5) is 5.69 Å². The molecule has 98 valence electrons. The molecule has 0 bridgehead atoms. The summed E-state index contributed by atoms with van der Waals surface area (Å²) in [6.07, 6.45) is 0. The van der Waals surface area contributed by atoms with Crippen molar-refractivity contribution >= 4 is 33.4 Å². The maximum Gasteiger partial charge on any atom is 0.253 e. The molecule has 1 aromatic carbocycles. The zero-order chi connectivity index (χ0) is 13.5. The number of hydrogen-bond donors (Lipinski definition) is 2. The van der Waals surface area contributed by atoms with Gasteiger partial charge in [0.2, 0.25) is 5.91 Å². The number of amides is 2. The molecule has 0 aliphatic rings. The van der Waals surface area contributed by atoms with Gasteiger partial charge in [0.05, 0.1) is 16.6 Å². The monoisotopic (exact) mass is 312 g/mol. The van der Waals surface area contributed by atoms with Gasteiger partial charge in [-0.2, -0.15) is 0 Å². The Hall–Kier alpha value is -1.36. The highest BCUT2D eigenvalue weighted by molar-refractivity contribution is 9.09. The molecule has 0 aromatic heterocycles. The molecule has 1 rings (SSSR count). The Kier molecular flexibility index (Phi) is 5.85. The first-order chi connectivity index (χ1) is 8.54. The van der Waals surface area contributed by atoms with Crippen LogP contribution < -0.4 is 10.6 Å². The minimum absolute atomic E-state index is 0.172. The summed E-state index contributed by atoms with van der Waals surface area (Å²) >= 11 is 3.07. The van der Waals surface area contributed by atoms with E-state index in [0.29, 0.717) is 23.7 Å². The predicted molar refractivity (Wildman–Crippen MR) is 76.0 cm³/mol. The molecule has 5 heteroatoms. The second kappa shape index (κ2) is 7.16. The lowest BCUT2D eigenvalue weighted by molar-refractivity contribution is -0.113. The van der Waals surface area contributed by atoms with E-state index in [1.54, 1.807) is 24.3 Å². The molecule has 18 heavy (non-hydrogen) atoms. The molecular weight excluding hydrogens is 296 g/mol. The van der Waals surface area contributed by atoms with Crippen molar-refractivity contribution < 1.29 is 9.59 Å². The molecule has 0 saturated carbocycles. The highest BCUT2D eigenvalue weighted by Crippen LogP contribution is 2.15. The fourth-order valence-electron chi connectivity index (χ4n) is 1.37. The van der Waals surface area contributed by atoms with Crippen LogP contribution in [0.25, 0.3) is 0 Å². The highest BCUT2D eigenvalue weighted by atomic mass is 79.9. The van der Waals surface area contributed by atoms with Crippen LogP contribution in [0.1, 0.15) is 24.2 Å². The van der Waals surface area contributed by atoms with E-state index in [0.717, 1.165) is 0 Å². The summed E-state index contributed by atoms with van der Waals surface area (Å²) in [6, 6.07) is 6.96. The van der Waals surface area contributed by atoms with Crippen molar-refractivity contribution in [3.63, 3.8) is 0 Å². The predicted octanol–water partition coefficient (Wildman–Crippen LogP) is 2.41. The largest absolute Gasteiger partial charge is 0.352 e. The first kappa shape index (κ1) is 14.7. The summed E-state index contributed by atoms with van der Waals surface area (Å²) < 4.78 is 0. The topological polar surface area (TPSA) is 58.2 Å². The number of carbonyl (C=O) groups excluding carboxylic acids is 2. The molecule has 0 aliphatic carbocycles. The van der Waals surface area contributed by atoms with E-state index in [1.165, 1.54) is 0 Å². The summed E-state index contributed by atoms with van der Waals surface area (Å²) in [5, 5.41) is 5.71. The summed E-state index contributed by atoms with van der Waals surface area (Å²) in [6.45, 7) is 4.66. The van der Waals surface area contributed by atoms with E-state index in [2.05, 4.69) is 26.6 Å². The molecule has 2 amide bonds. The van der Waals surface area contributed by atoms with Gasteiger partial charge in [0.25, 0.3) is 5.91 Å². The second-order valence-corrected chi connectivity index (χ2v) is 4.89. The van der Waals surface area contributed by atoms with Gasteiger partial charge in [0, 0.05) is 6.54 Å². The molecule has 0 unspecified atom stereocenters. The number of benzene rings is 1. The van der Waals surface area contributed by atoms with Gasteiger partial charge < -0.3 is 10.6 Å². The average Bonchev–Trinajstić information content (AvgIpc) is 2.36. The van der Waals surface area contributed by atoms with Crippen molar-refractivity contribution in [2.45, 2.75) is 13.8 Å². The lowest BCUT2D eigenvalue weighted by Crippen LogP contribution is -2.28. The molecule has 0 fully saturated rings. The van der Waals surface area contributed by atoms with Crippen LogP contribution in [-0.2, 0) is 4.79 Å². The van der Waals surface area contributed by atoms with Crippen molar-refractivity contribution in [1.29, 1.82) is 0 Å². The smallest absolute Gasteiger partial charge is 0.253 e. The van der Waals surface area contributed by atoms with Crippen molar-refractivity contribution in [3.8, 4) is 0 Å². The molecule has 2 N–H and O–H groups in total. The van der Waals surface area contributed by atoms with E-state index in [-0.39, 0.29) is 17.1 Å². The van der Waals surface area contributed by atoms with E-state index >= 15 is 0 Å². The van der Waals surface area contributed by atoms with E-state index in [9.17, 15) is 9.59 Å². The molecule has 0 saturated heterocycles. The first-order valence-corrected chi connectivity index (χ1v) is 6.89.